The average molecular weight is 308 g/mol. The normalized spacial score (nSPS) is 34.2. The maximum Gasteiger partial charge on any atom is 0.00961 e. The van der Waals surface area contributed by atoms with Crippen LogP contribution < -0.4 is 0 Å². The SMILES string of the molecule is C1=CC2CC3c4c(ccc5cccc(c45)C4C=CC=CC43)C2C=C1. The van der Waals surface area contributed by atoms with E-state index < -0.39 is 0 Å². The molecular weight excluding hydrogens is 288 g/mol. The smallest absolute Gasteiger partial charge is 0.00961 e. The second-order valence-corrected chi connectivity index (χ2v) is 7.69. The summed E-state index contributed by atoms with van der Waals surface area (Å²) < 4.78 is 0. The lowest BCUT2D eigenvalue weighted by Crippen LogP contribution is -2.32. The maximum atomic E-state index is 2.47. The Labute approximate surface area is 142 Å². The van der Waals surface area contributed by atoms with E-state index in [1.54, 1.807) is 22.1 Å². The van der Waals surface area contributed by atoms with Crippen LogP contribution in [0.25, 0.3) is 10.8 Å². The van der Waals surface area contributed by atoms with Crippen molar-refractivity contribution in [1.29, 1.82) is 0 Å². The van der Waals surface area contributed by atoms with Crippen LogP contribution in [0.1, 0.15) is 40.9 Å². The molecular formula is C24H20. The molecule has 2 aromatic carbocycles. The highest BCUT2D eigenvalue weighted by atomic mass is 14.5. The Morgan fingerprint density at radius 2 is 1.54 bits per heavy atom. The minimum atomic E-state index is 0.547. The van der Waals surface area contributed by atoms with Crippen molar-refractivity contribution in [2.75, 3.05) is 0 Å². The molecule has 24 heavy (non-hydrogen) atoms. The average Bonchev–Trinajstić information content (AvgIpc) is 2.66. The van der Waals surface area contributed by atoms with E-state index in [2.05, 4.69) is 78.9 Å². The number of rotatable bonds is 0. The Morgan fingerprint density at radius 3 is 2.50 bits per heavy atom. The molecule has 0 fully saturated rings. The van der Waals surface area contributed by atoms with Crippen LogP contribution >= 0.6 is 0 Å². The molecule has 0 radical (unpaired) electrons. The molecule has 0 heteroatoms. The molecule has 0 nitrogen and oxygen atoms in total. The van der Waals surface area contributed by atoms with Crippen molar-refractivity contribution in [2.45, 2.75) is 24.2 Å². The van der Waals surface area contributed by atoms with E-state index in [1.165, 1.54) is 11.8 Å². The third-order valence-corrected chi connectivity index (χ3v) is 6.66. The van der Waals surface area contributed by atoms with Crippen LogP contribution in [-0.4, -0.2) is 0 Å². The number of fused-ring (bicyclic) bond motifs is 5. The third kappa shape index (κ3) is 1.54. The monoisotopic (exact) mass is 308 g/mol. The molecule has 5 atom stereocenters. The topological polar surface area (TPSA) is 0 Å². The molecule has 116 valence electrons. The molecule has 6 rings (SSSR count). The van der Waals surface area contributed by atoms with Crippen LogP contribution in [0.3, 0.4) is 0 Å². The summed E-state index contributed by atoms with van der Waals surface area (Å²) in [7, 11) is 0. The Hall–Kier alpha value is -2.34. The fraction of sp³-hybridized carbons (Fsp3) is 0.250. The van der Waals surface area contributed by atoms with Crippen molar-refractivity contribution in [3.63, 3.8) is 0 Å². The van der Waals surface area contributed by atoms with Crippen LogP contribution in [-0.2, 0) is 0 Å². The Kier molecular flexibility index (Phi) is 2.49. The Balaban J connectivity index is 1.72. The minimum absolute atomic E-state index is 0.547. The molecule has 0 saturated carbocycles. The van der Waals surface area contributed by atoms with Gasteiger partial charge in [0, 0.05) is 11.8 Å². The van der Waals surface area contributed by atoms with Crippen molar-refractivity contribution in [3.05, 3.63) is 95.6 Å². The zero-order valence-electron chi connectivity index (χ0n) is 13.6. The van der Waals surface area contributed by atoms with Gasteiger partial charge in [0.15, 0.2) is 0 Å². The van der Waals surface area contributed by atoms with Gasteiger partial charge in [-0.2, -0.15) is 0 Å². The van der Waals surface area contributed by atoms with Gasteiger partial charge in [0.05, 0.1) is 0 Å². The van der Waals surface area contributed by atoms with E-state index in [0.29, 0.717) is 29.6 Å². The first-order valence-corrected chi connectivity index (χ1v) is 9.17. The summed E-state index contributed by atoms with van der Waals surface area (Å²) in [5.41, 5.74) is 4.78. The molecule has 5 unspecified atom stereocenters. The molecule has 0 N–H and O–H groups in total. The molecule has 0 heterocycles. The fourth-order valence-electron chi connectivity index (χ4n) is 5.71. The van der Waals surface area contributed by atoms with Gasteiger partial charge in [-0.15, -0.1) is 0 Å². The lowest BCUT2D eigenvalue weighted by Gasteiger charge is -2.46. The highest BCUT2D eigenvalue weighted by Crippen LogP contribution is 2.57. The summed E-state index contributed by atoms with van der Waals surface area (Å²) in [5.74, 6) is 3.05. The van der Waals surface area contributed by atoms with Crippen LogP contribution in [0.2, 0.25) is 0 Å². The zero-order valence-corrected chi connectivity index (χ0v) is 13.6. The second kappa shape index (κ2) is 4.60. The molecule has 0 saturated heterocycles. The van der Waals surface area contributed by atoms with Crippen molar-refractivity contribution in [2.24, 2.45) is 11.8 Å². The van der Waals surface area contributed by atoms with Gasteiger partial charge < -0.3 is 0 Å². The molecule has 0 aliphatic heterocycles. The van der Waals surface area contributed by atoms with Gasteiger partial charge in [0.2, 0.25) is 0 Å². The van der Waals surface area contributed by atoms with E-state index in [-0.39, 0.29) is 0 Å². The molecule has 0 aromatic heterocycles. The Morgan fingerprint density at radius 1 is 0.708 bits per heavy atom. The lowest BCUT2D eigenvalue weighted by molar-refractivity contribution is 0.348. The summed E-state index contributed by atoms with van der Waals surface area (Å²) in [6.07, 6.45) is 20.0. The van der Waals surface area contributed by atoms with Gasteiger partial charge in [-0.25, -0.2) is 0 Å². The van der Waals surface area contributed by atoms with Gasteiger partial charge in [-0.05, 0) is 51.6 Å². The van der Waals surface area contributed by atoms with Crippen LogP contribution in [0.15, 0.2) is 78.9 Å². The number of allylic oxidation sites excluding steroid dienone is 8. The van der Waals surface area contributed by atoms with Gasteiger partial charge in [-0.3, -0.25) is 0 Å². The first-order chi connectivity index (χ1) is 11.9. The van der Waals surface area contributed by atoms with Gasteiger partial charge in [0.1, 0.15) is 0 Å². The molecule has 0 amide bonds. The zero-order chi connectivity index (χ0) is 15.7. The lowest BCUT2D eigenvalue weighted by atomic mass is 9.58. The van der Waals surface area contributed by atoms with E-state index in [9.17, 15) is 0 Å². The second-order valence-electron chi connectivity index (χ2n) is 7.69. The number of hydrogen-bond acceptors (Lipinski definition) is 0. The van der Waals surface area contributed by atoms with E-state index >= 15 is 0 Å². The van der Waals surface area contributed by atoms with Crippen molar-refractivity contribution in [1.82, 2.24) is 0 Å². The summed E-state index contributed by atoms with van der Waals surface area (Å²) in [5, 5.41) is 2.98. The van der Waals surface area contributed by atoms with Crippen molar-refractivity contribution in [3.8, 4) is 0 Å². The fourth-order valence-corrected chi connectivity index (χ4v) is 5.71. The quantitative estimate of drug-likeness (QED) is 0.560. The van der Waals surface area contributed by atoms with E-state index in [1.807, 2.05) is 0 Å². The van der Waals surface area contributed by atoms with Crippen LogP contribution in [0, 0.1) is 11.8 Å². The largest absolute Gasteiger partial charge is 0.0805 e. The first kappa shape index (κ1) is 13.0. The molecule has 0 spiro atoms. The van der Waals surface area contributed by atoms with Gasteiger partial charge in [0.25, 0.3) is 0 Å². The predicted molar refractivity (Wildman–Crippen MR) is 100 cm³/mol. The highest BCUT2D eigenvalue weighted by Gasteiger charge is 2.43. The van der Waals surface area contributed by atoms with Crippen molar-refractivity contribution < 1.29 is 0 Å². The van der Waals surface area contributed by atoms with Crippen LogP contribution in [0.5, 0.6) is 0 Å². The van der Waals surface area contributed by atoms with Gasteiger partial charge in [-0.1, -0.05) is 78.9 Å². The van der Waals surface area contributed by atoms with E-state index in [4.69, 9.17) is 0 Å². The third-order valence-electron chi connectivity index (χ3n) is 6.66. The summed E-state index contributed by atoms with van der Waals surface area (Å²) in [6.45, 7) is 0. The summed E-state index contributed by atoms with van der Waals surface area (Å²) >= 11 is 0. The van der Waals surface area contributed by atoms with Crippen LogP contribution in [0.4, 0.5) is 0 Å². The molecule has 4 aliphatic carbocycles. The molecule has 4 aliphatic rings. The highest BCUT2D eigenvalue weighted by molar-refractivity contribution is 5.93. The number of benzene rings is 2. The maximum absolute atomic E-state index is 2.47. The van der Waals surface area contributed by atoms with Crippen molar-refractivity contribution >= 4 is 10.8 Å². The minimum Gasteiger partial charge on any atom is -0.0805 e. The molecule has 0 bridgehead atoms. The summed E-state index contributed by atoms with van der Waals surface area (Å²) in [4.78, 5) is 0. The molecule has 2 aromatic rings. The predicted octanol–water partition coefficient (Wildman–Crippen LogP) is 5.99. The van der Waals surface area contributed by atoms with E-state index in [0.717, 1.165) is 0 Å². The standard InChI is InChI=1S/C24H20/c1-2-8-17-16(6-1)14-22-19-10-4-3-9-18(19)20-11-5-7-15-12-13-21(17)24(22)23(15)20/h1-13,16-19,22H,14H2. The Bertz CT molecular complexity index is 969. The van der Waals surface area contributed by atoms with Gasteiger partial charge >= 0.3 is 0 Å². The number of hydrogen-bond donors (Lipinski definition) is 0. The first-order valence-electron chi connectivity index (χ1n) is 9.17. The summed E-state index contributed by atoms with van der Waals surface area (Å²) in [6, 6.07) is 11.7.